The number of anilines is 1. The van der Waals surface area contributed by atoms with E-state index in [0.29, 0.717) is 22.0 Å². The highest BCUT2D eigenvalue weighted by Gasteiger charge is 2.36. The number of benzene rings is 1. The molecule has 2 heterocycles. The van der Waals surface area contributed by atoms with Crippen LogP contribution in [0.2, 0.25) is 5.02 Å². The van der Waals surface area contributed by atoms with Crippen LogP contribution >= 0.6 is 22.9 Å². The van der Waals surface area contributed by atoms with E-state index in [4.69, 9.17) is 11.6 Å². The number of carbonyl (C=O) groups is 1. The molecular weight excluding hydrogens is 415 g/mol. The number of carbonyl (C=O) groups excluding carboxylic acids is 1. The molecule has 11 heteroatoms. The molecular formula is C17H13ClF3N5OS. The Balaban J connectivity index is 1.64. The summed E-state index contributed by atoms with van der Waals surface area (Å²) in [4.78, 5) is 12.7. The molecule has 0 bridgehead atoms. The lowest BCUT2D eigenvalue weighted by Gasteiger charge is -2.10. The molecule has 1 fully saturated rings. The van der Waals surface area contributed by atoms with Crippen LogP contribution in [0.15, 0.2) is 24.4 Å². The Kier molecular flexibility index (Phi) is 4.62. The number of nitrogens with one attached hydrogen (secondary N) is 1. The second kappa shape index (κ2) is 6.85. The fourth-order valence-corrected chi connectivity index (χ4v) is 3.54. The van der Waals surface area contributed by atoms with Crippen molar-refractivity contribution in [2.24, 2.45) is 0 Å². The van der Waals surface area contributed by atoms with E-state index >= 15 is 0 Å². The zero-order chi connectivity index (χ0) is 20.1. The first kappa shape index (κ1) is 18.9. The summed E-state index contributed by atoms with van der Waals surface area (Å²) in [5.41, 5.74) is 2.63. The van der Waals surface area contributed by atoms with Gasteiger partial charge in [-0.2, -0.15) is 18.3 Å². The average Bonchev–Trinajstić information content (AvgIpc) is 3.17. The second-order valence-corrected chi connectivity index (χ2v) is 7.81. The summed E-state index contributed by atoms with van der Waals surface area (Å²) in [6.45, 7) is 1.88. The number of hydrogen-bond acceptors (Lipinski definition) is 5. The van der Waals surface area contributed by atoms with E-state index < -0.39 is 17.1 Å². The molecule has 1 aliphatic carbocycles. The van der Waals surface area contributed by atoms with E-state index in [2.05, 4.69) is 20.6 Å². The lowest BCUT2D eigenvalue weighted by molar-refractivity contribution is -0.138. The van der Waals surface area contributed by atoms with Crippen molar-refractivity contribution in [3.63, 3.8) is 0 Å². The summed E-state index contributed by atoms with van der Waals surface area (Å²) in [6.07, 6.45) is -1.39. The van der Waals surface area contributed by atoms with Crippen LogP contribution in [0, 0.1) is 6.92 Å². The van der Waals surface area contributed by atoms with Crippen molar-refractivity contribution in [2.45, 2.75) is 31.9 Å². The summed E-state index contributed by atoms with van der Waals surface area (Å²) >= 11 is 6.48. The second-order valence-electron chi connectivity index (χ2n) is 6.43. The van der Waals surface area contributed by atoms with Crippen LogP contribution in [0.4, 0.5) is 18.3 Å². The SMILES string of the molecule is Cc1ccc(-n2ncc(C(=O)Nc3nnc(C(F)(F)F)s3)c2C2CC2)cc1Cl. The molecule has 146 valence electrons. The van der Waals surface area contributed by atoms with E-state index in [0.717, 1.165) is 18.4 Å². The molecule has 0 unspecified atom stereocenters. The van der Waals surface area contributed by atoms with Crippen molar-refractivity contribution in [1.82, 2.24) is 20.0 Å². The molecule has 1 aromatic carbocycles. The summed E-state index contributed by atoms with van der Waals surface area (Å²) in [5.74, 6) is -0.417. The molecule has 0 atom stereocenters. The minimum atomic E-state index is -4.60. The standard InChI is InChI=1S/C17H13ClF3N5OS/c1-8-2-5-10(6-12(8)18)26-13(9-3-4-9)11(7-22-26)14(27)23-16-25-24-15(28-16)17(19,20)21/h2,5-7,9H,3-4H2,1H3,(H,23,25,27). The van der Waals surface area contributed by atoms with Crippen molar-refractivity contribution >= 4 is 34.0 Å². The molecule has 3 aromatic rings. The minimum Gasteiger partial charge on any atom is -0.296 e. The van der Waals surface area contributed by atoms with Gasteiger partial charge in [0.2, 0.25) is 10.1 Å². The van der Waals surface area contributed by atoms with Gasteiger partial charge in [0.25, 0.3) is 5.91 Å². The molecule has 6 nitrogen and oxygen atoms in total. The topological polar surface area (TPSA) is 72.7 Å². The smallest absolute Gasteiger partial charge is 0.296 e. The number of halogens is 4. The number of hydrogen-bond donors (Lipinski definition) is 1. The Morgan fingerprint density at radius 3 is 2.68 bits per heavy atom. The Hall–Kier alpha value is -2.46. The molecule has 1 amide bonds. The fraction of sp³-hybridized carbons (Fsp3) is 0.294. The predicted molar refractivity (Wildman–Crippen MR) is 98.2 cm³/mol. The van der Waals surface area contributed by atoms with Gasteiger partial charge in [-0.3, -0.25) is 10.1 Å². The monoisotopic (exact) mass is 427 g/mol. The molecule has 0 aliphatic heterocycles. The number of amides is 1. The van der Waals surface area contributed by atoms with E-state index in [1.807, 2.05) is 19.1 Å². The normalized spacial score (nSPS) is 14.3. The zero-order valence-electron chi connectivity index (χ0n) is 14.4. The summed E-state index contributed by atoms with van der Waals surface area (Å²) < 4.78 is 39.6. The first-order valence-corrected chi connectivity index (χ1v) is 9.50. The molecule has 4 rings (SSSR count). The number of alkyl halides is 3. The van der Waals surface area contributed by atoms with Gasteiger partial charge in [-0.1, -0.05) is 29.0 Å². The fourth-order valence-electron chi connectivity index (χ4n) is 2.75. The van der Waals surface area contributed by atoms with E-state index in [9.17, 15) is 18.0 Å². The van der Waals surface area contributed by atoms with Gasteiger partial charge in [0.1, 0.15) is 0 Å². The largest absolute Gasteiger partial charge is 0.445 e. The summed E-state index contributed by atoms with van der Waals surface area (Å²) in [5, 5.41) is 12.4. The van der Waals surface area contributed by atoms with Crippen LogP contribution in [-0.2, 0) is 6.18 Å². The van der Waals surface area contributed by atoms with Crippen LogP contribution in [0.25, 0.3) is 5.69 Å². The maximum Gasteiger partial charge on any atom is 0.445 e. The van der Waals surface area contributed by atoms with E-state index in [1.165, 1.54) is 6.20 Å². The maximum atomic E-state index is 12.7. The Morgan fingerprint density at radius 2 is 2.07 bits per heavy atom. The van der Waals surface area contributed by atoms with E-state index in [-0.39, 0.29) is 22.4 Å². The molecule has 0 radical (unpaired) electrons. The van der Waals surface area contributed by atoms with Gasteiger partial charge < -0.3 is 0 Å². The Morgan fingerprint density at radius 1 is 1.32 bits per heavy atom. The lowest BCUT2D eigenvalue weighted by Crippen LogP contribution is -2.14. The van der Waals surface area contributed by atoms with Crippen molar-refractivity contribution in [3.05, 3.63) is 51.2 Å². The third-order valence-corrected chi connectivity index (χ3v) is 5.59. The Bertz CT molecular complexity index is 1060. The van der Waals surface area contributed by atoms with Gasteiger partial charge in [-0.25, -0.2) is 4.68 Å². The zero-order valence-corrected chi connectivity index (χ0v) is 16.0. The molecule has 0 spiro atoms. The first-order chi connectivity index (χ1) is 13.2. The third kappa shape index (κ3) is 3.61. The van der Waals surface area contributed by atoms with Crippen LogP contribution in [0.3, 0.4) is 0 Å². The predicted octanol–water partition coefficient (Wildman–Crippen LogP) is 4.83. The summed E-state index contributed by atoms with van der Waals surface area (Å²) in [7, 11) is 0. The van der Waals surface area contributed by atoms with Gasteiger partial charge in [-0.15, -0.1) is 10.2 Å². The number of aryl methyl sites for hydroxylation is 1. The van der Waals surface area contributed by atoms with Gasteiger partial charge >= 0.3 is 6.18 Å². The van der Waals surface area contributed by atoms with Gasteiger partial charge in [0, 0.05) is 10.9 Å². The van der Waals surface area contributed by atoms with Gasteiger partial charge in [0.15, 0.2) is 0 Å². The van der Waals surface area contributed by atoms with Crippen LogP contribution < -0.4 is 5.32 Å². The molecule has 1 aliphatic rings. The van der Waals surface area contributed by atoms with Crippen LogP contribution in [-0.4, -0.2) is 25.9 Å². The van der Waals surface area contributed by atoms with E-state index in [1.54, 1.807) is 10.7 Å². The highest BCUT2D eigenvalue weighted by molar-refractivity contribution is 7.15. The van der Waals surface area contributed by atoms with Crippen molar-refractivity contribution in [2.75, 3.05) is 5.32 Å². The highest BCUT2D eigenvalue weighted by atomic mass is 35.5. The molecule has 0 saturated heterocycles. The summed E-state index contributed by atoms with van der Waals surface area (Å²) in [6, 6.07) is 5.47. The number of rotatable bonds is 4. The Labute approximate surface area is 166 Å². The van der Waals surface area contributed by atoms with Gasteiger partial charge in [-0.05, 0) is 37.5 Å². The third-order valence-electron chi connectivity index (χ3n) is 4.30. The number of nitrogens with zero attached hydrogens (tertiary/aromatic N) is 4. The molecule has 1 saturated carbocycles. The lowest BCUT2D eigenvalue weighted by atomic mass is 10.1. The number of aromatic nitrogens is 4. The highest BCUT2D eigenvalue weighted by Crippen LogP contribution is 2.43. The van der Waals surface area contributed by atoms with Gasteiger partial charge in [0.05, 0.1) is 23.1 Å². The maximum absolute atomic E-state index is 12.7. The quantitative estimate of drug-likeness (QED) is 0.647. The van der Waals surface area contributed by atoms with Crippen molar-refractivity contribution in [3.8, 4) is 5.69 Å². The van der Waals surface area contributed by atoms with Crippen molar-refractivity contribution in [1.29, 1.82) is 0 Å². The molecule has 1 N–H and O–H groups in total. The van der Waals surface area contributed by atoms with Crippen molar-refractivity contribution < 1.29 is 18.0 Å². The first-order valence-electron chi connectivity index (χ1n) is 8.30. The average molecular weight is 428 g/mol. The minimum absolute atomic E-state index is 0.156. The van der Waals surface area contributed by atoms with Crippen LogP contribution in [0.5, 0.6) is 0 Å². The van der Waals surface area contributed by atoms with Crippen LogP contribution in [0.1, 0.15) is 45.4 Å². The molecule has 28 heavy (non-hydrogen) atoms. The molecule has 2 aromatic heterocycles.